The Kier molecular flexibility index (Phi) is 2.73. The van der Waals surface area contributed by atoms with Gasteiger partial charge in [0.2, 0.25) is 5.24 Å². The van der Waals surface area contributed by atoms with Gasteiger partial charge in [-0.1, -0.05) is 18.2 Å². The zero-order chi connectivity index (χ0) is 9.97. The lowest BCUT2D eigenvalue weighted by atomic mass is 10.2. The number of halogens is 1. The van der Waals surface area contributed by atoms with Crippen LogP contribution >= 0.6 is 11.6 Å². The van der Waals surface area contributed by atoms with Crippen LogP contribution < -0.4 is 4.90 Å². The number of fused-ring (bicyclic) bond motifs is 1. The molecule has 0 amide bonds. The summed E-state index contributed by atoms with van der Waals surface area (Å²) >= 11 is 5.32. The average Bonchev–Trinajstić information content (AvgIpc) is 2.58. The molecule has 0 radical (unpaired) electrons. The van der Waals surface area contributed by atoms with Crippen molar-refractivity contribution in [1.29, 1.82) is 0 Å². The lowest BCUT2D eigenvalue weighted by molar-refractivity contribution is -0.111. The van der Waals surface area contributed by atoms with E-state index >= 15 is 0 Å². The summed E-state index contributed by atoms with van der Waals surface area (Å²) in [5.74, 6) is 0. The first-order valence-corrected chi connectivity index (χ1v) is 5.16. The van der Waals surface area contributed by atoms with Crippen LogP contribution in [0, 0.1) is 0 Å². The normalized spacial score (nSPS) is 14.2. The highest BCUT2D eigenvalue weighted by molar-refractivity contribution is 6.63. The van der Waals surface area contributed by atoms with Gasteiger partial charge in [0.05, 0.1) is 0 Å². The Morgan fingerprint density at radius 3 is 3.00 bits per heavy atom. The molecule has 1 aliphatic rings. The highest BCUT2D eigenvalue weighted by Gasteiger charge is 2.17. The topological polar surface area (TPSA) is 20.3 Å². The van der Waals surface area contributed by atoms with E-state index in [1.807, 2.05) is 6.07 Å². The summed E-state index contributed by atoms with van der Waals surface area (Å²) in [4.78, 5) is 12.9. The number of anilines is 1. The first-order chi connectivity index (χ1) is 6.77. The first-order valence-electron chi connectivity index (χ1n) is 4.78. The van der Waals surface area contributed by atoms with Crippen molar-refractivity contribution in [3.63, 3.8) is 0 Å². The molecule has 0 saturated heterocycles. The van der Waals surface area contributed by atoms with Crippen LogP contribution in [0.1, 0.15) is 12.0 Å². The van der Waals surface area contributed by atoms with Gasteiger partial charge in [-0.05, 0) is 29.7 Å². The second-order valence-electron chi connectivity index (χ2n) is 3.47. The second-order valence-corrected chi connectivity index (χ2v) is 3.89. The Labute approximate surface area is 88.5 Å². The number of benzene rings is 1. The quantitative estimate of drug-likeness (QED) is 0.712. The number of carbonyl (C=O) groups is 1. The van der Waals surface area contributed by atoms with E-state index in [0.717, 1.165) is 19.5 Å². The van der Waals surface area contributed by atoms with Gasteiger partial charge in [0.15, 0.2) is 0 Å². The lowest BCUT2D eigenvalue weighted by Gasteiger charge is -2.17. The molecule has 0 aromatic heterocycles. The molecule has 2 rings (SSSR count). The Balaban J connectivity index is 2.07. The van der Waals surface area contributed by atoms with Gasteiger partial charge in [-0.15, -0.1) is 0 Å². The minimum Gasteiger partial charge on any atom is -0.370 e. The molecule has 0 bridgehead atoms. The molecule has 1 aromatic carbocycles. The van der Waals surface area contributed by atoms with Crippen molar-refractivity contribution in [3.8, 4) is 0 Å². The Hall–Kier alpha value is -1.02. The maximum atomic E-state index is 10.7. The Bertz CT molecular complexity index is 351. The van der Waals surface area contributed by atoms with Crippen LogP contribution in [-0.4, -0.2) is 18.3 Å². The third-order valence-corrected chi connectivity index (χ3v) is 2.75. The molecule has 0 fully saturated rings. The molecular formula is C11H12ClNO. The predicted octanol–water partition coefficient (Wildman–Crippen LogP) is 2.20. The molecule has 0 aliphatic carbocycles. The van der Waals surface area contributed by atoms with Crippen molar-refractivity contribution in [2.75, 3.05) is 18.0 Å². The molecule has 0 spiro atoms. The molecule has 0 unspecified atom stereocenters. The number of hydrogen-bond acceptors (Lipinski definition) is 2. The molecule has 14 heavy (non-hydrogen) atoms. The summed E-state index contributed by atoms with van der Waals surface area (Å²) in [6, 6.07) is 8.31. The van der Waals surface area contributed by atoms with Crippen LogP contribution in [-0.2, 0) is 11.2 Å². The first kappa shape index (κ1) is 9.53. The van der Waals surface area contributed by atoms with E-state index in [1.165, 1.54) is 11.3 Å². The summed E-state index contributed by atoms with van der Waals surface area (Å²) in [5.41, 5.74) is 2.62. The predicted molar refractivity (Wildman–Crippen MR) is 57.8 cm³/mol. The van der Waals surface area contributed by atoms with Crippen LogP contribution in [0.2, 0.25) is 0 Å². The number of rotatable bonds is 3. The number of para-hydroxylation sites is 1. The van der Waals surface area contributed by atoms with Gasteiger partial charge in [0.1, 0.15) is 0 Å². The van der Waals surface area contributed by atoms with Gasteiger partial charge in [0, 0.05) is 25.2 Å². The van der Waals surface area contributed by atoms with E-state index in [4.69, 9.17) is 11.6 Å². The fourth-order valence-electron chi connectivity index (χ4n) is 1.86. The lowest BCUT2D eigenvalue weighted by Crippen LogP contribution is -2.22. The van der Waals surface area contributed by atoms with Crippen molar-refractivity contribution in [2.24, 2.45) is 0 Å². The Morgan fingerprint density at radius 2 is 2.21 bits per heavy atom. The highest BCUT2D eigenvalue weighted by atomic mass is 35.5. The zero-order valence-corrected chi connectivity index (χ0v) is 8.63. The minimum absolute atomic E-state index is 0.255. The number of hydrogen-bond donors (Lipinski definition) is 0. The van der Waals surface area contributed by atoms with E-state index < -0.39 is 0 Å². The molecule has 1 aromatic rings. The van der Waals surface area contributed by atoms with E-state index in [9.17, 15) is 4.79 Å². The monoisotopic (exact) mass is 209 g/mol. The summed E-state index contributed by atoms with van der Waals surface area (Å²) in [6.45, 7) is 1.74. The zero-order valence-electron chi connectivity index (χ0n) is 7.87. The maximum absolute atomic E-state index is 10.7. The molecule has 0 saturated carbocycles. The van der Waals surface area contributed by atoms with Gasteiger partial charge in [-0.3, -0.25) is 4.79 Å². The molecule has 0 atom stereocenters. The minimum atomic E-state index is -0.255. The third-order valence-electron chi connectivity index (χ3n) is 2.56. The third kappa shape index (κ3) is 1.90. The molecule has 74 valence electrons. The average molecular weight is 210 g/mol. The fourth-order valence-corrected chi connectivity index (χ4v) is 1.95. The van der Waals surface area contributed by atoms with E-state index in [-0.39, 0.29) is 5.24 Å². The molecule has 0 N–H and O–H groups in total. The second kappa shape index (κ2) is 4.01. The molecule has 3 heteroatoms. The van der Waals surface area contributed by atoms with Gasteiger partial charge in [-0.25, -0.2) is 0 Å². The SMILES string of the molecule is O=C(Cl)CCN1CCc2ccccc21. The largest absolute Gasteiger partial charge is 0.370 e. The Morgan fingerprint density at radius 1 is 1.43 bits per heavy atom. The number of carbonyl (C=O) groups excluding carboxylic acids is 1. The van der Waals surface area contributed by atoms with Crippen LogP contribution in [0.4, 0.5) is 5.69 Å². The van der Waals surface area contributed by atoms with E-state index in [0.29, 0.717) is 6.42 Å². The maximum Gasteiger partial charge on any atom is 0.223 e. The summed E-state index contributed by atoms with van der Waals surface area (Å²) < 4.78 is 0. The molecule has 1 aliphatic heterocycles. The van der Waals surface area contributed by atoms with Crippen molar-refractivity contribution in [3.05, 3.63) is 29.8 Å². The smallest absolute Gasteiger partial charge is 0.223 e. The molecule has 2 nitrogen and oxygen atoms in total. The van der Waals surface area contributed by atoms with Crippen LogP contribution in [0.5, 0.6) is 0 Å². The summed E-state index contributed by atoms with van der Waals surface area (Å²) in [6.07, 6.45) is 1.50. The van der Waals surface area contributed by atoms with Gasteiger partial charge >= 0.3 is 0 Å². The van der Waals surface area contributed by atoms with Crippen molar-refractivity contribution >= 4 is 22.5 Å². The molecular weight excluding hydrogens is 198 g/mol. The van der Waals surface area contributed by atoms with Crippen LogP contribution in [0.15, 0.2) is 24.3 Å². The van der Waals surface area contributed by atoms with E-state index in [1.54, 1.807) is 0 Å². The van der Waals surface area contributed by atoms with Crippen LogP contribution in [0.3, 0.4) is 0 Å². The van der Waals surface area contributed by atoms with Crippen molar-refractivity contribution < 1.29 is 4.79 Å². The standard InChI is InChI=1S/C11H12ClNO/c12-11(14)6-8-13-7-5-9-3-1-2-4-10(9)13/h1-4H,5-8H2. The van der Waals surface area contributed by atoms with Crippen molar-refractivity contribution in [1.82, 2.24) is 0 Å². The van der Waals surface area contributed by atoms with Gasteiger partial charge in [0.25, 0.3) is 0 Å². The van der Waals surface area contributed by atoms with Gasteiger partial charge < -0.3 is 4.90 Å². The van der Waals surface area contributed by atoms with Crippen LogP contribution in [0.25, 0.3) is 0 Å². The van der Waals surface area contributed by atoms with Crippen molar-refractivity contribution in [2.45, 2.75) is 12.8 Å². The summed E-state index contributed by atoms with van der Waals surface area (Å²) in [5, 5.41) is -0.255. The van der Waals surface area contributed by atoms with Gasteiger partial charge in [-0.2, -0.15) is 0 Å². The molecule has 1 heterocycles. The highest BCUT2D eigenvalue weighted by Crippen LogP contribution is 2.27. The van der Waals surface area contributed by atoms with E-state index in [2.05, 4.69) is 23.1 Å². The fraction of sp³-hybridized carbons (Fsp3) is 0.364. The number of nitrogens with zero attached hydrogens (tertiary/aromatic N) is 1. The summed E-state index contributed by atoms with van der Waals surface area (Å²) in [7, 11) is 0.